The Labute approximate surface area is 100 Å². The van der Waals surface area contributed by atoms with Crippen LogP contribution < -0.4 is 0 Å². The molecule has 0 amide bonds. The third kappa shape index (κ3) is 2.82. The summed E-state index contributed by atoms with van der Waals surface area (Å²) in [7, 11) is 0. The minimum absolute atomic E-state index is 0.199. The highest BCUT2D eigenvalue weighted by Crippen LogP contribution is 2.20. The van der Waals surface area contributed by atoms with Crippen molar-refractivity contribution in [3.05, 3.63) is 35.1 Å². The second-order valence-corrected chi connectivity index (χ2v) is 4.49. The molecule has 1 N–H and O–H groups in total. The molecule has 0 spiro atoms. The Hall–Kier alpha value is -1.44. The number of aliphatic hydroxyl groups is 1. The van der Waals surface area contributed by atoms with Gasteiger partial charge in [0.15, 0.2) is 0 Å². The second-order valence-electron chi connectivity index (χ2n) is 4.49. The predicted molar refractivity (Wildman–Crippen MR) is 61.6 cm³/mol. The van der Waals surface area contributed by atoms with Gasteiger partial charge in [-0.05, 0) is 42.6 Å². The molecule has 1 heterocycles. The third-order valence-corrected chi connectivity index (χ3v) is 3.21. The van der Waals surface area contributed by atoms with Gasteiger partial charge >= 0.3 is 0 Å². The fourth-order valence-corrected chi connectivity index (χ4v) is 2.25. The van der Waals surface area contributed by atoms with Crippen molar-refractivity contribution in [1.29, 1.82) is 5.26 Å². The molecule has 4 heteroatoms. The molecule has 1 aliphatic rings. The van der Waals surface area contributed by atoms with E-state index in [1.54, 1.807) is 0 Å². The van der Waals surface area contributed by atoms with Crippen LogP contribution in [0.5, 0.6) is 0 Å². The van der Waals surface area contributed by atoms with E-state index in [1.807, 2.05) is 0 Å². The number of likely N-dealkylation sites (tertiary alicyclic amines) is 1. The minimum Gasteiger partial charge on any atom is -0.396 e. The monoisotopic (exact) mass is 234 g/mol. The number of hydrogen-bond donors (Lipinski definition) is 1. The lowest BCUT2D eigenvalue weighted by atomic mass is 10.1. The van der Waals surface area contributed by atoms with Crippen molar-refractivity contribution in [3.63, 3.8) is 0 Å². The number of aliphatic hydroxyl groups excluding tert-OH is 1. The molecule has 0 aromatic heterocycles. The normalized spacial score (nSPS) is 20.4. The summed E-state index contributed by atoms with van der Waals surface area (Å²) < 4.78 is 13.1. The molecule has 1 saturated heterocycles. The van der Waals surface area contributed by atoms with Crippen LogP contribution in [-0.4, -0.2) is 29.7 Å². The molecule has 1 aliphatic heterocycles. The first-order valence-electron chi connectivity index (χ1n) is 5.74. The standard InChI is InChI=1S/C13H15FN2O/c14-13-2-1-11(6-15)12(5-13)8-16-4-3-10(7-16)9-17/h1-2,5,10,17H,3-4,7-9H2. The maximum absolute atomic E-state index is 13.1. The van der Waals surface area contributed by atoms with E-state index in [1.165, 1.54) is 18.2 Å². The Kier molecular flexibility index (Phi) is 3.72. The summed E-state index contributed by atoms with van der Waals surface area (Å²) in [5.41, 5.74) is 1.25. The van der Waals surface area contributed by atoms with E-state index in [0.29, 0.717) is 18.0 Å². The first kappa shape index (κ1) is 12.0. The first-order valence-corrected chi connectivity index (χ1v) is 5.74. The summed E-state index contributed by atoms with van der Waals surface area (Å²) in [6.45, 7) is 2.49. The largest absolute Gasteiger partial charge is 0.396 e. The SMILES string of the molecule is N#Cc1ccc(F)cc1CN1CCC(CO)C1. The van der Waals surface area contributed by atoms with Gasteiger partial charge in [-0.15, -0.1) is 0 Å². The zero-order chi connectivity index (χ0) is 12.3. The molecule has 90 valence electrons. The van der Waals surface area contributed by atoms with Crippen molar-refractivity contribution in [1.82, 2.24) is 4.90 Å². The highest BCUT2D eigenvalue weighted by Gasteiger charge is 2.22. The zero-order valence-corrected chi connectivity index (χ0v) is 9.56. The lowest BCUT2D eigenvalue weighted by Crippen LogP contribution is -2.21. The molecule has 1 fully saturated rings. The molecule has 0 aliphatic carbocycles. The summed E-state index contributed by atoms with van der Waals surface area (Å²) in [5, 5.41) is 18.0. The van der Waals surface area contributed by atoms with Crippen molar-refractivity contribution in [2.75, 3.05) is 19.7 Å². The molecule has 0 bridgehead atoms. The molecule has 1 aromatic rings. The van der Waals surface area contributed by atoms with Crippen molar-refractivity contribution in [3.8, 4) is 6.07 Å². The highest BCUT2D eigenvalue weighted by molar-refractivity contribution is 5.37. The van der Waals surface area contributed by atoms with Crippen molar-refractivity contribution < 1.29 is 9.50 Å². The van der Waals surface area contributed by atoms with Crippen LogP contribution in [0.4, 0.5) is 4.39 Å². The highest BCUT2D eigenvalue weighted by atomic mass is 19.1. The fraction of sp³-hybridized carbons (Fsp3) is 0.462. The van der Waals surface area contributed by atoms with E-state index < -0.39 is 0 Å². The maximum Gasteiger partial charge on any atom is 0.123 e. The van der Waals surface area contributed by atoms with E-state index in [2.05, 4.69) is 11.0 Å². The Morgan fingerprint density at radius 2 is 2.35 bits per heavy atom. The van der Waals surface area contributed by atoms with E-state index in [9.17, 15) is 4.39 Å². The fourth-order valence-electron chi connectivity index (χ4n) is 2.25. The zero-order valence-electron chi connectivity index (χ0n) is 9.56. The van der Waals surface area contributed by atoms with Crippen LogP contribution in [0.25, 0.3) is 0 Å². The number of benzene rings is 1. The summed E-state index contributed by atoms with van der Waals surface area (Å²) in [6, 6.07) is 6.33. The van der Waals surface area contributed by atoms with E-state index in [4.69, 9.17) is 10.4 Å². The molecule has 1 atom stereocenters. The van der Waals surface area contributed by atoms with Crippen LogP contribution in [-0.2, 0) is 6.54 Å². The lowest BCUT2D eigenvalue weighted by Gasteiger charge is -2.16. The average molecular weight is 234 g/mol. The molecule has 2 rings (SSSR count). The third-order valence-electron chi connectivity index (χ3n) is 3.21. The molecule has 1 aromatic carbocycles. The van der Waals surface area contributed by atoms with Gasteiger partial charge in [0, 0.05) is 19.7 Å². The van der Waals surface area contributed by atoms with Crippen molar-refractivity contribution in [2.24, 2.45) is 5.92 Å². The van der Waals surface area contributed by atoms with E-state index in [0.717, 1.165) is 25.1 Å². The summed E-state index contributed by atoms with van der Waals surface area (Å²) in [4.78, 5) is 2.15. The van der Waals surface area contributed by atoms with Gasteiger partial charge in [0.1, 0.15) is 5.82 Å². The number of halogens is 1. The molecular weight excluding hydrogens is 219 g/mol. The van der Waals surface area contributed by atoms with Gasteiger partial charge in [-0.25, -0.2) is 4.39 Å². The molecule has 1 unspecified atom stereocenters. The number of nitriles is 1. The molecular formula is C13H15FN2O. The van der Waals surface area contributed by atoms with Gasteiger partial charge in [-0.3, -0.25) is 4.90 Å². The van der Waals surface area contributed by atoms with Crippen molar-refractivity contribution >= 4 is 0 Å². The number of hydrogen-bond acceptors (Lipinski definition) is 3. The van der Waals surface area contributed by atoms with Gasteiger partial charge in [-0.2, -0.15) is 5.26 Å². The van der Waals surface area contributed by atoms with Crippen LogP contribution in [0.15, 0.2) is 18.2 Å². The number of nitrogens with zero attached hydrogens (tertiary/aromatic N) is 2. The molecule has 0 saturated carbocycles. The van der Waals surface area contributed by atoms with Gasteiger partial charge in [0.05, 0.1) is 11.6 Å². The predicted octanol–water partition coefficient (Wildman–Crippen LogP) is 1.51. The lowest BCUT2D eigenvalue weighted by molar-refractivity contribution is 0.220. The molecule has 17 heavy (non-hydrogen) atoms. The number of rotatable bonds is 3. The Balaban J connectivity index is 2.09. The second kappa shape index (κ2) is 5.26. The van der Waals surface area contributed by atoms with Crippen LogP contribution in [0.2, 0.25) is 0 Å². The van der Waals surface area contributed by atoms with Gasteiger partial charge in [0.25, 0.3) is 0 Å². The Bertz CT molecular complexity index is 442. The van der Waals surface area contributed by atoms with Crippen molar-refractivity contribution in [2.45, 2.75) is 13.0 Å². The van der Waals surface area contributed by atoms with E-state index >= 15 is 0 Å². The average Bonchev–Trinajstić information content (AvgIpc) is 2.77. The van der Waals surface area contributed by atoms with Gasteiger partial charge in [0.2, 0.25) is 0 Å². The van der Waals surface area contributed by atoms with Crippen LogP contribution in [0, 0.1) is 23.1 Å². The summed E-state index contributed by atoms with van der Waals surface area (Å²) >= 11 is 0. The Morgan fingerprint density at radius 1 is 1.53 bits per heavy atom. The summed E-state index contributed by atoms with van der Waals surface area (Å²) in [6.07, 6.45) is 0.966. The first-order chi connectivity index (χ1) is 8.22. The maximum atomic E-state index is 13.1. The van der Waals surface area contributed by atoms with Crippen LogP contribution in [0.3, 0.4) is 0 Å². The summed E-state index contributed by atoms with van der Waals surface area (Å²) in [5.74, 6) is 0.00556. The topological polar surface area (TPSA) is 47.3 Å². The Morgan fingerprint density at radius 3 is 3.00 bits per heavy atom. The smallest absolute Gasteiger partial charge is 0.123 e. The van der Waals surface area contributed by atoms with Gasteiger partial charge < -0.3 is 5.11 Å². The molecule has 3 nitrogen and oxygen atoms in total. The van der Waals surface area contributed by atoms with Crippen LogP contribution >= 0.6 is 0 Å². The molecule has 0 radical (unpaired) electrons. The quantitative estimate of drug-likeness (QED) is 0.862. The van der Waals surface area contributed by atoms with Gasteiger partial charge in [-0.1, -0.05) is 0 Å². The minimum atomic E-state index is -0.308. The van der Waals surface area contributed by atoms with E-state index in [-0.39, 0.29) is 12.4 Å². The van der Waals surface area contributed by atoms with Crippen LogP contribution in [0.1, 0.15) is 17.5 Å².